The van der Waals surface area contributed by atoms with Gasteiger partial charge in [0.05, 0.1) is 12.8 Å². The minimum Gasteiger partial charge on any atom is -0.493 e. The highest BCUT2D eigenvalue weighted by Gasteiger charge is 2.17. The van der Waals surface area contributed by atoms with Gasteiger partial charge in [0.1, 0.15) is 5.88 Å². The second-order valence-electron chi connectivity index (χ2n) is 2.99. The molecular formula is C9H10ClFNO5P. The van der Waals surface area contributed by atoms with E-state index in [1.165, 1.54) is 25.3 Å². The smallest absolute Gasteiger partial charge is 0.391 e. The van der Waals surface area contributed by atoms with Gasteiger partial charge < -0.3 is 19.0 Å². The van der Waals surface area contributed by atoms with E-state index in [0.717, 1.165) is 0 Å². The van der Waals surface area contributed by atoms with Crippen molar-refractivity contribution in [2.24, 2.45) is 0 Å². The monoisotopic (exact) mass is 297 g/mol. The van der Waals surface area contributed by atoms with E-state index in [1.807, 2.05) is 0 Å². The number of ether oxygens (including phenoxy) is 1. The lowest BCUT2D eigenvalue weighted by Crippen LogP contribution is -2.22. The molecule has 0 aliphatic rings. The summed E-state index contributed by atoms with van der Waals surface area (Å²) in [6.07, 6.45) is 0. The summed E-state index contributed by atoms with van der Waals surface area (Å²) in [4.78, 5) is 28.5. The van der Waals surface area contributed by atoms with Crippen LogP contribution in [0.3, 0.4) is 0 Å². The molecule has 0 radical (unpaired) electrons. The first-order valence-corrected chi connectivity index (χ1v) is 6.28. The number of halogens is 2. The fraction of sp³-hybridized carbons (Fsp3) is 0.222. The minimum atomic E-state index is -2.61. The van der Waals surface area contributed by atoms with Gasteiger partial charge in [-0.15, -0.1) is 16.7 Å². The van der Waals surface area contributed by atoms with Gasteiger partial charge in [0, 0.05) is 6.07 Å². The van der Waals surface area contributed by atoms with Gasteiger partial charge in [0.25, 0.3) is 5.91 Å². The summed E-state index contributed by atoms with van der Waals surface area (Å²) in [6, 6.07) is 3.61. The van der Waals surface area contributed by atoms with Crippen LogP contribution in [0, 0.1) is 0 Å². The van der Waals surface area contributed by atoms with Gasteiger partial charge in [0.2, 0.25) is 0 Å². The topological polar surface area (TPSA) is 79.2 Å². The molecule has 0 heterocycles. The molecular weight excluding hydrogens is 288 g/mol. The number of methoxy groups -OCH3 is 1. The van der Waals surface area contributed by atoms with E-state index < -0.39 is 20.4 Å². The Morgan fingerprint density at radius 3 is 2.67 bits per heavy atom. The van der Waals surface area contributed by atoms with Gasteiger partial charge >= 0.3 is 8.60 Å². The van der Waals surface area contributed by atoms with Crippen molar-refractivity contribution in [3.8, 4) is 11.5 Å². The van der Waals surface area contributed by atoms with Crippen LogP contribution in [0.25, 0.3) is 0 Å². The maximum atomic E-state index is 13.4. The van der Waals surface area contributed by atoms with Crippen LogP contribution in [-0.4, -0.2) is 28.7 Å². The number of alkyl halides is 1. The molecule has 0 fully saturated rings. The van der Waals surface area contributed by atoms with Crippen LogP contribution < -0.4 is 14.4 Å². The van der Waals surface area contributed by atoms with E-state index in [-0.39, 0.29) is 22.3 Å². The first kappa shape index (κ1) is 14.9. The number of nitrogens with zero attached hydrogens (tertiary/aromatic N) is 1. The number of hydrogen-bond donors (Lipinski definition) is 2. The molecule has 0 aromatic heterocycles. The van der Waals surface area contributed by atoms with Crippen molar-refractivity contribution in [2.45, 2.75) is 0 Å². The zero-order valence-electron chi connectivity index (χ0n) is 9.21. The molecule has 1 rings (SSSR count). The molecule has 0 saturated carbocycles. The Morgan fingerprint density at radius 2 is 2.17 bits per heavy atom. The molecule has 100 valence electrons. The highest BCUT2D eigenvalue weighted by atomic mass is 35.5. The van der Waals surface area contributed by atoms with Crippen LogP contribution in [0.1, 0.15) is 0 Å². The van der Waals surface area contributed by atoms with Crippen molar-refractivity contribution in [3.63, 3.8) is 0 Å². The fourth-order valence-electron chi connectivity index (χ4n) is 1.14. The first-order chi connectivity index (χ1) is 8.49. The fourth-order valence-corrected chi connectivity index (χ4v) is 1.57. The summed E-state index contributed by atoms with van der Waals surface area (Å²) in [5.41, 5.74) is -0.106. The molecule has 6 nitrogen and oxygen atoms in total. The van der Waals surface area contributed by atoms with Crippen molar-refractivity contribution < 1.29 is 28.3 Å². The third-order valence-electron chi connectivity index (χ3n) is 1.89. The predicted octanol–water partition coefficient (Wildman–Crippen LogP) is 1.74. The Kier molecular flexibility index (Phi) is 5.55. The van der Waals surface area contributed by atoms with E-state index >= 15 is 0 Å². The highest BCUT2D eigenvalue weighted by molar-refractivity contribution is 7.39. The van der Waals surface area contributed by atoms with Crippen LogP contribution in [0.4, 0.5) is 10.2 Å². The quantitative estimate of drug-likeness (QED) is 0.492. The van der Waals surface area contributed by atoms with Gasteiger partial charge in [0.15, 0.2) is 11.5 Å². The maximum Gasteiger partial charge on any atom is 0.391 e. The van der Waals surface area contributed by atoms with E-state index in [4.69, 9.17) is 26.1 Å². The SMILES string of the molecule is COc1cc(N(F)C(=O)CCl)ccc1OP(O)O. The molecule has 18 heavy (non-hydrogen) atoms. The molecule has 0 saturated heterocycles. The maximum absolute atomic E-state index is 13.4. The van der Waals surface area contributed by atoms with Crippen LogP contribution in [-0.2, 0) is 4.79 Å². The number of anilines is 1. The lowest BCUT2D eigenvalue weighted by atomic mass is 10.2. The zero-order valence-corrected chi connectivity index (χ0v) is 10.9. The lowest BCUT2D eigenvalue weighted by Gasteiger charge is -2.14. The second kappa shape index (κ2) is 6.70. The van der Waals surface area contributed by atoms with Gasteiger partial charge in [-0.3, -0.25) is 4.79 Å². The van der Waals surface area contributed by atoms with E-state index in [2.05, 4.69) is 4.52 Å². The molecule has 0 bridgehead atoms. The molecule has 0 spiro atoms. The Balaban J connectivity index is 3.01. The van der Waals surface area contributed by atoms with Crippen molar-refractivity contribution in [1.29, 1.82) is 0 Å². The Hall–Kier alpha value is -1.14. The summed E-state index contributed by atoms with van der Waals surface area (Å²) in [5, 5.41) is -0.139. The molecule has 0 unspecified atom stereocenters. The van der Waals surface area contributed by atoms with Crippen molar-refractivity contribution in [3.05, 3.63) is 18.2 Å². The number of carbonyl (C=O) groups is 1. The Bertz CT molecular complexity index is 433. The van der Waals surface area contributed by atoms with Crippen LogP contribution >= 0.6 is 20.2 Å². The van der Waals surface area contributed by atoms with Gasteiger partial charge in [-0.1, -0.05) is 4.48 Å². The third kappa shape index (κ3) is 3.68. The Labute approximate surface area is 108 Å². The average molecular weight is 298 g/mol. The van der Waals surface area contributed by atoms with Gasteiger partial charge in [-0.25, -0.2) is 0 Å². The summed E-state index contributed by atoms with van der Waals surface area (Å²) in [6.45, 7) is 0. The molecule has 2 N–H and O–H groups in total. The number of rotatable bonds is 5. The normalized spacial score (nSPS) is 10.3. The van der Waals surface area contributed by atoms with E-state index in [1.54, 1.807) is 0 Å². The van der Waals surface area contributed by atoms with Crippen molar-refractivity contribution in [1.82, 2.24) is 0 Å². The van der Waals surface area contributed by atoms with Gasteiger partial charge in [-0.2, -0.15) is 0 Å². The second-order valence-corrected chi connectivity index (χ2v) is 3.94. The molecule has 0 aliphatic carbocycles. The van der Waals surface area contributed by atoms with E-state index in [0.29, 0.717) is 0 Å². The minimum absolute atomic E-state index is 0.0177. The van der Waals surface area contributed by atoms with Crippen LogP contribution in [0.2, 0.25) is 0 Å². The van der Waals surface area contributed by atoms with Crippen LogP contribution in [0.5, 0.6) is 11.5 Å². The summed E-state index contributed by atoms with van der Waals surface area (Å²) >= 11 is 5.22. The largest absolute Gasteiger partial charge is 0.493 e. The molecule has 9 heteroatoms. The zero-order chi connectivity index (χ0) is 13.7. The molecule has 1 aromatic rings. The molecule has 1 amide bonds. The number of carbonyl (C=O) groups excluding carboxylic acids is 1. The van der Waals surface area contributed by atoms with E-state index in [9.17, 15) is 9.28 Å². The first-order valence-electron chi connectivity index (χ1n) is 4.58. The lowest BCUT2D eigenvalue weighted by molar-refractivity contribution is -0.118. The average Bonchev–Trinajstić information content (AvgIpc) is 2.36. The van der Waals surface area contributed by atoms with Gasteiger partial charge in [-0.05, 0) is 12.1 Å². The highest BCUT2D eigenvalue weighted by Crippen LogP contribution is 2.38. The number of amides is 1. The van der Waals surface area contributed by atoms with Crippen molar-refractivity contribution in [2.75, 3.05) is 18.1 Å². The number of benzene rings is 1. The Morgan fingerprint density at radius 1 is 1.50 bits per heavy atom. The third-order valence-corrected chi connectivity index (χ3v) is 2.48. The molecule has 0 atom stereocenters. The summed E-state index contributed by atoms with van der Waals surface area (Å²) in [7, 11) is -1.33. The van der Waals surface area contributed by atoms with Crippen molar-refractivity contribution >= 4 is 31.8 Å². The number of hydrogen-bond acceptors (Lipinski definition) is 5. The standard InChI is InChI=1S/C9H10ClFNO5P/c1-16-8-4-6(12(11)9(13)5-10)2-3-7(8)17-18(14)15/h2-4,14-15H,5H2,1H3. The molecule has 0 aliphatic heterocycles. The summed E-state index contributed by atoms with van der Waals surface area (Å²) in [5.74, 6) is -1.37. The predicted molar refractivity (Wildman–Crippen MR) is 64.3 cm³/mol. The van der Waals surface area contributed by atoms with Crippen LogP contribution in [0.15, 0.2) is 18.2 Å². The summed E-state index contributed by atoms with van der Waals surface area (Å²) < 4.78 is 23.0. The molecule has 1 aromatic carbocycles.